The van der Waals surface area contributed by atoms with Crippen LogP contribution in [0.15, 0.2) is 48.1 Å². The molecule has 0 saturated carbocycles. The third kappa shape index (κ3) is 4.91. The fraction of sp³-hybridized carbons (Fsp3) is 0.150. The van der Waals surface area contributed by atoms with Crippen LogP contribution in [0.3, 0.4) is 0 Å². The quantitative estimate of drug-likeness (QED) is 0.352. The Morgan fingerprint density at radius 1 is 1.26 bits per heavy atom. The van der Waals surface area contributed by atoms with E-state index < -0.39 is 23.5 Å². The Balaban J connectivity index is 1.81. The second kappa shape index (κ2) is 9.11. The van der Waals surface area contributed by atoms with Gasteiger partial charge >= 0.3 is 6.18 Å². The maximum absolute atomic E-state index is 13.6. The molecule has 3 aromatic rings. The number of rotatable bonds is 6. The summed E-state index contributed by atoms with van der Waals surface area (Å²) < 4.78 is 54.2. The molecule has 1 amide bonds. The number of benzene rings is 2. The molecule has 1 heterocycles. The number of halogens is 5. The molecule has 0 bridgehead atoms. The minimum atomic E-state index is -4.55. The molecule has 1 N–H and O–H groups in total. The Morgan fingerprint density at radius 3 is 2.65 bits per heavy atom. The second-order valence-corrected chi connectivity index (χ2v) is 7.61. The van der Waals surface area contributed by atoms with Crippen LogP contribution in [0.1, 0.15) is 27.3 Å². The molecule has 0 spiro atoms. The summed E-state index contributed by atoms with van der Waals surface area (Å²) in [6.45, 7) is 4.88. The number of carbonyl (C=O) groups excluding carboxylic acids is 1. The van der Waals surface area contributed by atoms with Crippen molar-refractivity contribution in [2.75, 3.05) is 5.32 Å². The summed E-state index contributed by atoms with van der Waals surface area (Å²) in [6.07, 6.45) is -3.25. The predicted molar refractivity (Wildman–Crippen MR) is 112 cm³/mol. The first-order chi connectivity index (χ1) is 14.6. The molecule has 0 aliphatic heterocycles. The average molecular weight is 471 g/mol. The lowest BCUT2D eigenvalue weighted by atomic mass is 10.1. The molecular formula is C20H15ClF4N4OS. The maximum atomic E-state index is 13.6. The zero-order valence-corrected chi connectivity index (χ0v) is 17.6. The van der Waals surface area contributed by atoms with Gasteiger partial charge in [0.15, 0.2) is 5.16 Å². The average Bonchev–Trinajstić information content (AvgIpc) is 3.12. The number of alkyl halides is 3. The molecule has 3 rings (SSSR count). The monoisotopic (exact) mass is 470 g/mol. The molecule has 0 radical (unpaired) electrons. The van der Waals surface area contributed by atoms with Crippen LogP contribution < -0.4 is 5.32 Å². The summed E-state index contributed by atoms with van der Waals surface area (Å²) in [6, 6.07) is 7.90. The van der Waals surface area contributed by atoms with Crippen LogP contribution in [0, 0.1) is 12.7 Å². The molecule has 0 aliphatic carbocycles. The number of hydrogen-bond acceptors (Lipinski definition) is 4. The van der Waals surface area contributed by atoms with Crippen molar-refractivity contribution >= 4 is 41.2 Å². The zero-order chi connectivity index (χ0) is 22.8. The Morgan fingerprint density at radius 2 is 1.97 bits per heavy atom. The van der Waals surface area contributed by atoms with Crippen molar-refractivity contribution in [3.63, 3.8) is 0 Å². The van der Waals surface area contributed by atoms with Gasteiger partial charge in [0, 0.05) is 17.6 Å². The third-order valence-electron chi connectivity index (χ3n) is 4.33. The lowest BCUT2D eigenvalue weighted by Crippen LogP contribution is -2.18. The van der Waals surface area contributed by atoms with E-state index in [1.165, 1.54) is 42.0 Å². The normalized spacial score (nSPS) is 11.4. The van der Waals surface area contributed by atoms with E-state index in [9.17, 15) is 22.4 Å². The van der Waals surface area contributed by atoms with Crippen LogP contribution in [0.25, 0.3) is 6.20 Å². The molecule has 31 heavy (non-hydrogen) atoms. The fourth-order valence-electron chi connectivity index (χ4n) is 2.75. The molecule has 2 aromatic carbocycles. The Bertz CT molecular complexity index is 1150. The molecule has 11 heteroatoms. The van der Waals surface area contributed by atoms with E-state index in [2.05, 4.69) is 22.1 Å². The van der Waals surface area contributed by atoms with Crippen LogP contribution in [0.4, 0.5) is 23.2 Å². The van der Waals surface area contributed by atoms with Gasteiger partial charge in [-0.3, -0.25) is 9.36 Å². The van der Waals surface area contributed by atoms with Gasteiger partial charge in [0.25, 0.3) is 5.91 Å². The van der Waals surface area contributed by atoms with Gasteiger partial charge in [-0.15, -0.1) is 10.2 Å². The summed E-state index contributed by atoms with van der Waals surface area (Å²) >= 11 is 7.08. The number of anilines is 1. The number of carbonyl (C=O) groups is 1. The lowest BCUT2D eigenvalue weighted by Gasteiger charge is -2.14. The van der Waals surface area contributed by atoms with Gasteiger partial charge < -0.3 is 5.32 Å². The van der Waals surface area contributed by atoms with Crippen molar-refractivity contribution < 1.29 is 22.4 Å². The van der Waals surface area contributed by atoms with Crippen molar-refractivity contribution in [3.8, 4) is 0 Å². The highest BCUT2D eigenvalue weighted by molar-refractivity contribution is 7.98. The molecule has 0 atom stereocenters. The molecule has 162 valence electrons. The Hall–Kier alpha value is -2.85. The highest BCUT2D eigenvalue weighted by Crippen LogP contribution is 2.34. The minimum absolute atomic E-state index is 0.000757. The summed E-state index contributed by atoms with van der Waals surface area (Å²) in [5, 5.41) is 10.4. The van der Waals surface area contributed by atoms with Crippen LogP contribution >= 0.6 is 23.4 Å². The number of nitrogens with one attached hydrogen (secondary N) is 1. The molecule has 5 nitrogen and oxygen atoms in total. The molecule has 0 unspecified atom stereocenters. The predicted octanol–water partition coefficient (Wildman–Crippen LogP) is 6.04. The second-order valence-electron chi connectivity index (χ2n) is 6.29. The number of aromatic nitrogens is 3. The van der Waals surface area contributed by atoms with E-state index in [0.717, 1.165) is 17.8 Å². The van der Waals surface area contributed by atoms with Crippen molar-refractivity contribution in [3.05, 3.63) is 76.3 Å². The Labute approximate surface area is 184 Å². The number of hydrogen-bond donors (Lipinski definition) is 1. The van der Waals surface area contributed by atoms with Gasteiger partial charge in [-0.05, 0) is 36.2 Å². The van der Waals surface area contributed by atoms with Gasteiger partial charge in [-0.2, -0.15) is 13.2 Å². The number of amides is 1. The minimum Gasteiger partial charge on any atom is -0.319 e. The van der Waals surface area contributed by atoms with Crippen LogP contribution in [-0.2, 0) is 11.9 Å². The highest BCUT2D eigenvalue weighted by atomic mass is 35.5. The molecular weight excluding hydrogens is 456 g/mol. The number of thioether (sulfide) groups is 1. The number of nitrogens with zero attached hydrogens (tertiary/aromatic N) is 3. The first-order valence-electron chi connectivity index (χ1n) is 8.74. The van der Waals surface area contributed by atoms with Crippen molar-refractivity contribution in [2.24, 2.45) is 0 Å². The Kier molecular flexibility index (Phi) is 6.71. The molecule has 0 fully saturated rings. The highest BCUT2D eigenvalue weighted by Gasteiger charge is 2.33. The van der Waals surface area contributed by atoms with Gasteiger partial charge in [0.05, 0.1) is 10.6 Å². The molecule has 1 aromatic heterocycles. The lowest BCUT2D eigenvalue weighted by molar-refractivity contribution is -0.138. The molecule has 0 saturated heterocycles. The van der Waals surface area contributed by atoms with E-state index in [-0.39, 0.29) is 33.0 Å². The standard InChI is InChI=1S/C20H15ClF4N4OS/c1-3-29-17(18(30)26-15-9-5-7-13(11(15)2)20(23,24)25)27-28-19(29)31-10-12-6-4-8-14(22)16(12)21/h3-9H,1,10H2,2H3,(H,26,30). The fourth-order valence-corrected chi connectivity index (χ4v) is 3.95. The third-order valence-corrected chi connectivity index (χ3v) is 5.74. The van der Waals surface area contributed by atoms with E-state index >= 15 is 0 Å². The van der Waals surface area contributed by atoms with Gasteiger partial charge in [0.1, 0.15) is 5.82 Å². The van der Waals surface area contributed by atoms with Gasteiger partial charge in [-0.1, -0.05) is 48.1 Å². The SMILES string of the molecule is C=Cn1c(SCc2cccc(F)c2Cl)nnc1C(=O)Nc1cccc(C(F)(F)F)c1C. The summed E-state index contributed by atoms with van der Waals surface area (Å²) in [4.78, 5) is 12.6. The largest absolute Gasteiger partial charge is 0.416 e. The smallest absolute Gasteiger partial charge is 0.319 e. The summed E-state index contributed by atoms with van der Waals surface area (Å²) in [5.41, 5.74) is -0.447. The first-order valence-corrected chi connectivity index (χ1v) is 10.1. The van der Waals surface area contributed by atoms with E-state index in [4.69, 9.17) is 11.6 Å². The molecule has 0 aliphatic rings. The topological polar surface area (TPSA) is 59.8 Å². The van der Waals surface area contributed by atoms with Gasteiger partial charge in [-0.25, -0.2) is 4.39 Å². The van der Waals surface area contributed by atoms with Crippen LogP contribution in [-0.4, -0.2) is 20.7 Å². The first kappa shape index (κ1) is 22.8. The van der Waals surface area contributed by atoms with Gasteiger partial charge in [0.2, 0.25) is 5.82 Å². The van der Waals surface area contributed by atoms with Crippen molar-refractivity contribution in [1.29, 1.82) is 0 Å². The van der Waals surface area contributed by atoms with Crippen LogP contribution in [0.5, 0.6) is 0 Å². The van der Waals surface area contributed by atoms with E-state index in [1.54, 1.807) is 6.07 Å². The van der Waals surface area contributed by atoms with E-state index in [1.807, 2.05) is 0 Å². The van der Waals surface area contributed by atoms with Crippen molar-refractivity contribution in [1.82, 2.24) is 14.8 Å². The maximum Gasteiger partial charge on any atom is 0.416 e. The summed E-state index contributed by atoms with van der Waals surface area (Å²) in [7, 11) is 0. The van der Waals surface area contributed by atoms with Crippen molar-refractivity contribution in [2.45, 2.75) is 24.0 Å². The van der Waals surface area contributed by atoms with Crippen LogP contribution in [0.2, 0.25) is 5.02 Å². The summed E-state index contributed by atoms with van der Waals surface area (Å²) in [5.74, 6) is -1.23. The zero-order valence-electron chi connectivity index (χ0n) is 16.0. The van der Waals surface area contributed by atoms with E-state index in [0.29, 0.717) is 5.56 Å².